The molecule has 1 aromatic carbocycles. The van der Waals surface area contributed by atoms with Crippen LogP contribution in [0.25, 0.3) is 0 Å². The highest BCUT2D eigenvalue weighted by Gasteiger charge is 2.24. The number of hydrogen-bond acceptors (Lipinski definition) is 3. The molecule has 94 valence electrons. The number of thioether (sulfide) groups is 1. The molecule has 0 aromatic heterocycles. The van der Waals surface area contributed by atoms with Crippen molar-refractivity contribution in [1.82, 2.24) is 0 Å². The lowest BCUT2D eigenvalue weighted by Crippen LogP contribution is -2.17. The van der Waals surface area contributed by atoms with Crippen molar-refractivity contribution < 1.29 is 4.39 Å². The van der Waals surface area contributed by atoms with Gasteiger partial charge in [0.25, 0.3) is 0 Å². The molecule has 1 aliphatic rings. The second kappa shape index (κ2) is 5.65. The Morgan fingerprint density at radius 1 is 1.47 bits per heavy atom. The Kier molecular flexibility index (Phi) is 4.41. The van der Waals surface area contributed by atoms with Crippen molar-refractivity contribution in [3.05, 3.63) is 21.5 Å². The SMILES string of the molecule is CSC1CCC(Nc2cc(F)c(I)cc2N)C1. The molecular weight excluding hydrogens is 350 g/mol. The van der Waals surface area contributed by atoms with E-state index in [1.807, 2.05) is 34.4 Å². The lowest BCUT2D eigenvalue weighted by molar-refractivity contribution is 0.620. The molecule has 0 heterocycles. The highest BCUT2D eigenvalue weighted by Crippen LogP contribution is 2.32. The van der Waals surface area contributed by atoms with Gasteiger partial charge in [0.2, 0.25) is 0 Å². The molecule has 2 nitrogen and oxygen atoms in total. The molecule has 0 spiro atoms. The molecule has 0 bridgehead atoms. The predicted octanol–water partition coefficient (Wildman–Crippen LogP) is 3.71. The minimum Gasteiger partial charge on any atom is -0.397 e. The average molecular weight is 366 g/mol. The van der Waals surface area contributed by atoms with E-state index < -0.39 is 0 Å². The molecule has 1 fully saturated rings. The minimum absolute atomic E-state index is 0.207. The molecule has 0 amide bonds. The topological polar surface area (TPSA) is 38.0 Å². The van der Waals surface area contributed by atoms with E-state index in [2.05, 4.69) is 11.6 Å². The Hall–Kier alpha value is -0.170. The molecule has 5 heteroatoms. The zero-order valence-electron chi connectivity index (χ0n) is 9.67. The predicted molar refractivity (Wildman–Crippen MR) is 82.1 cm³/mol. The van der Waals surface area contributed by atoms with Gasteiger partial charge in [0, 0.05) is 17.4 Å². The summed E-state index contributed by atoms with van der Waals surface area (Å²) in [6, 6.07) is 3.61. The zero-order chi connectivity index (χ0) is 12.4. The molecule has 3 N–H and O–H groups in total. The van der Waals surface area contributed by atoms with Gasteiger partial charge < -0.3 is 11.1 Å². The van der Waals surface area contributed by atoms with Gasteiger partial charge in [0.15, 0.2) is 0 Å². The van der Waals surface area contributed by atoms with Crippen LogP contribution in [0, 0.1) is 9.39 Å². The Bertz CT molecular complexity index is 414. The van der Waals surface area contributed by atoms with E-state index in [4.69, 9.17) is 5.73 Å². The summed E-state index contributed by atoms with van der Waals surface area (Å²) in [4.78, 5) is 0. The summed E-state index contributed by atoms with van der Waals surface area (Å²) in [5.74, 6) is -0.207. The van der Waals surface area contributed by atoms with Gasteiger partial charge in [-0.1, -0.05) is 0 Å². The van der Waals surface area contributed by atoms with E-state index in [9.17, 15) is 4.39 Å². The van der Waals surface area contributed by atoms with Crippen LogP contribution in [0.4, 0.5) is 15.8 Å². The minimum atomic E-state index is -0.207. The normalized spacial score (nSPS) is 23.9. The van der Waals surface area contributed by atoms with Crippen molar-refractivity contribution in [3.8, 4) is 0 Å². The fourth-order valence-electron chi connectivity index (χ4n) is 2.19. The number of nitrogen functional groups attached to an aromatic ring is 1. The molecule has 0 radical (unpaired) electrons. The summed E-state index contributed by atoms with van der Waals surface area (Å²) >= 11 is 3.86. The lowest BCUT2D eigenvalue weighted by atomic mass is 10.2. The number of hydrogen-bond donors (Lipinski definition) is 2. The molecule has 1 aromatic rings. The van der Waals surface area contributed by atoms with Gasteiger partial charge in [0.05, 0.1) is 14.9 Å². The smallest absolute Gasteiger partial charge is 0.138 e. The van der Waals surface area contributed by atoms with E-state index in [0.717, 1.165) is 23.8 Å². The third-order valence-electron chi connectivity index (χ3n) is 3.17. The maximum absolute atomic E-state index is 13.5. The molecule has 2 unspecified atom stereocenters. The largest absolute Gasteiger partial charge is 0.397 e. The van der Waals surface area contributed by atoms with E-state index in [1.165, 1.54) is 12.5 Å². The highest BCUT2D eigenvalue weighted by atomic mass is 127. The first-order valence-electron chi connectivity index (χ1n) is 5.64. The molecule has 2 rings (SSSR count). The molecule has 0 aliphatic heterocycles. The van der Waals surface area contributed by atoms with Gasteiger partial charge in [-0.15, -0.1) is 0 Å². The van der Waals surface area contributed by atoms with Gasteiger partial charge in [-0.3, -0.25) is 0 Å². The fourth-order valence-corrected chi connectivity index (χ4v) is 3.48. The summed E-state index contributed by atoms with van der Waals surface area (Å²) in [5, 5.41) is 4.08. The standard InChI is InChI=1S/C12H16FIN2S/c1-17-8-3-2-7(4-8)16-12-5-9(13)10(14)6-11(12)15/h5-8,16H,2-4,15H2,1H3. The Morgan fingerprint density at radius 3 is 2.88 bits per heavy atom. The van der Waals surface area contributed by atoms with Crippen molar-refractivity contribution in [3.63, 3.8) is 0 Å². The van der Waals surface area contributed by atoms with Gasteiger partial charge in [-0.2, -0.15) is 11.8 Å². The quantitative estimate of drug-likeness (QED) is 0.633. The van der Waals surface area contributed by atoms with Crippen molar-refractivity contribution in [2.45, 2.75) is 30.6 Å². The number of rotatable bonds is 3. The summed E-state index contributed by atoms with van der Waals surface area (Å²) in [7, 11) is 0. The Morgan fingerprint density at radius 2 is 2.24 bits per heavy atom. The second-order valence-corrected chi connectivity index (χ2v) is 6.67. The van der Waals surface area contributed by atoms with E-state index in [1.54, 1.807) is 6.07 Å². The van der Waals surface area contributed by atoms with Crippen molar-refractivity contribution >= 4 is 45.7 Å². The van der Waals surface area contributed by atoms with Crippen LogP contribution >= 0.6 is 34.4 Å². The van der Waals surface area contributed by atoms with Crippen LogP contribution < -0.4 is 11.1 Å². The van der Waals surface area contributed by atoms with Gasteiger partial charge >= 0.3 is 0 Å². The van der Waals surface area contributed by atoms with Crippen molar-refractivity contribution in [1.29, 1.82) is 0 Å². The van der Waals surface area contributed by atoms with Crippen LogP contribution in [0.1, 0.15) is 19.3 Å². The molecule has 0 saturated heterocycles. The number of benzene rings is 1. The number of nitrogens with two attached hydrogens (primary N) is 1. The summed E-state index contributed by atoms with van der Waals surface area (Å²) < 4.78 is 14.0. The maximum atomic E-state index is 13.5. The maximum Gasteiger partial charge on any atom is 0.138 e. The first-order valence-corrected chi connectivity index (χ1v) is 8.00. The van der Waals surface area contributed by atoms with Crippen LogP contribution in [0.15, 0.2) is 12.1 Å². The zero-order valence-corrected chi connectivity index (χ0v) is 12.6. The molecular formula is C12H16FIN2S. The van der Waals surface area contributed by atoms with Crippen LogP contribution in [0.2, 0.25) is 0 Å². The number of anilines is 2. The number of halogens is 2. The van der Waals surface area contributed by atoms with Crippen molar-refractivity contribution in [2.24, 2.45) is 0 Å². The van der Waals surface area contributed by atoms with Crippen LogP contribution in [-0.4, -0.2) is 17.5 Å². The summed E-state index contributed by atoms with van der Waals surface area (Å²) in [6.07, 6.45) is 5.64. The monoisotopic (exact) mass is 366 g/mol. The number of nitrogens with one attached hydrogen (secondary N) is 1. The molecule has 1 aliphatic carbocycles. The van der Waals surface area contributed by atoms with Crippen LogP contribution in [0.5, 0.6) is 0 Å². The molecule has 1 saturated carbocycles. The Balaban J connectivity index is 2.06. The van der Waals surface area contributed by atoms with E-state index >= 15 is 0 Å². The molecule has 17 heavy (non-hydrogen) atoms. The second-order valence-electron chi connectivity index (χ2n) is 4.37. The van der Waals surface area contributed by atoms with Crippen LogP contribution in [-0.2, 0) is 0 Å². The average Bonchev–Trinajstić information content (AvgIpc) is 2.73. The summed E-state index contributed by atoms with van der Waals surface area (Å²) in [6.45, 7) is 0. The third-order valence-corrected chi connectivity index (χ3v) is 5.09. The van der Waals surface area contributed by atoms with Crippen molar-refractivity contribution in [2.75, 3.05) is 17.3 Å². The lowest BCUT2D eigenvalue weighted by Gasteiger charge is -2.16. The summed E-state index contributed by atoms with van der Waals surface area (Å²) in [5.41, 5.74) is 7.26. The highest BCUT2D eigenvalue weighted by molar-refractivity contribution is 14.1. The fraction of sp³-hybridized carbons (Fsp3) is 0.500. The Labute approximate surface area is 119 Å². The van der Waals surface area contributed by atoms with E-state index in [-0.39, 0.29) is 5.82 Å². The van der Waals surface area contributed by atoms with Gasteiger partial charge in [-0.05, 0) is 54.2 Å². The first kappa shape index (κ1) is 13.3. The van der Waals surface area contributed by atoms with Gasteiger partial charge in [-0.25, -0.2) is 4.39 Å². The van der Waals surface area contributed by atoms with Crippen LogP contribution in [0.3, 0.4) is 0 Å². The van der Waals surface area contributed by atoms with Gasteiger partial charge in [0.1, 0.15) is 5.82 Å². The first-order chi connectivity index (χ1) is 8.10. The molecule has 2 atom stereocenters. The van der Waals surface area contributed by atoms with E-state index in [0.29, 0.717) is 15.3 Å². The third kappa shape index (κ3) is 3.19.